The number of anilines is 2. The molecular weight excluding hydrogens is 451 g/mol. The van der Waals surface area contributed by atoms with E-state index in [4.69, 9.17) is 11.7 Å². The highest BCUT2D eigenvalue weighted by atomic mass is 35.5. The average Bonchev–Trinajstić information content (AvgIpc) is 2.76. The van der Waals surface area contributed by atoms with Crippen LogP contribution in [-0.4, -0.2) is 24.2 Å². The van der Waals surface area contributed by atoms with Crippen molar-refractivity contribution in [1.82, 2.24) is 0 Å². The molecule has 0 heterocycles. The highest BCUT2D eigenvalue weighted by Gasteiger charge is 2.12. The van der Waals surface area contributed by atoms with Crippen LogP contribution in [0.2, 0.25) is 0 Å². The van der Waals surface area contributed by atoms with E-state index in [1.165, 1.54) is 12.4 Å². The van der Waals surface area contributed by atoms with Gasteiger partial charge < -0.3 is 22.3 Å². The molecule has 0 aliphatic carbocycles. The van der Waals surface area contributed by atoms with Gasteiger partial charge in [0.25, 0.3) is 11.8 Å². The maximum Gasteiger partial charge on any atom is 0.255 e. The molecule has 0 saturated carbocycles. The van der Waals surface area contributed by atoms with Crippen LogP contribution in [0, 0.1) is 0 Å². The summed E-state index contributed by atoms with van der Waals surface area (Å²) in [6.07, 6.45) is 2.91. The molecule has 0 fully saturated rings. The number of rotatable bonds is 6. The lowest BCUT2D eigenvalue weighted by Gasteiger charge is -2.13. The van der Waals surface area contributed by atoms with Crippen LogP contribution in [0.25, 0.3) is 0 Å². The lowest BCUT2D eigenvalue weighted by Crippen LogP contribution is -2.17. The van der Waals surface area contributed by atoms with E-state index in [2.05, 4.69) is 20.8 Å². The van der Waals surface area contributed by atoms with Crippen molar-refractivity contribution in [3.8, 4) is 0 Å². The van der Waals surface area contributed by atoms with Gasteiger partial charge in [0.2, 0.25) is 0 Å². The Kier molecular flexibility index (Phi) is 10.4. The molecule has 2 amide bonds. The Hall–Kier alpha value is -3.88. The lowest BCUT2D eigenvalue weighted by molar-refractivity contribution is 0.101. The summed E-state index contributed by atoms with van der Waals surface area (Å²) >= 11 is 0. The van der Waals surface area contributed by atoms with E-state index >= 15 is 0 Å². The van der Waals surface area contributed by atoms with Crippen LogP contribution >= 0.6 is 24.8 Å². The first kappa shape index (κ1) is 26.2. The van der Waals surface area contributed by atoms with Gasteiger partial charge in [-0.1, -0.05) is 36.4 Å². The molecule has 6 N–H and O–H groups in total. The van der Waals surface area contributed by atoms with Crippen LogP contribution in [0.5, 0.6) is 0 Å². The van der Waals surface area contributed by atoms with Crippen molar-refractivity contribution in [2.75, 3.05) is 10.6 Å². The first-order chi connectivity index (χ1) is 14.6. The maximum absolute atomic E-state index is 12.7. The zero-order valence-corrected chi connectivity index (χ0v) is 18.4. The van der Waals surface area contributed by atoms with Crippen LogP contribution in [0.3, 0.4) is 0 Å². The third-order valence-electron chi connectivity index (χ3n) is 4.17. The molecule has 3 rings (SSSR count). The van der Waals surface area contributed by atoms with Gasteiger partial charge in [-0.15, -0.1) is 24.8 Å². The third-order valence-corrected chi connectivity index (χ3v) is 4.17. The van der Waals surface area contributed by atoms with Crippen LogP contribution in [0.4, 0.5) is 11.4 Å². The average molecular weight is 473 g/mol. The van der Waals surface area contributed by atoms with E-state index in [1.54, 1.807) is 72.8 Å². The normalized spacial score (nSPS) is 10.2. The summed E-state index contributed by atoms with van der Waals surface area (Å²) in [7, 11) is 0. The van der Waals surface area contributed by atoms with E-state index in [-0.39, 0.29) is 36.6 Å². The van der Waals surface area contributed by atoms with Crippen molar-refractivity contribution in [2.45, 2.75) is 0 Å². The highest BCUT2D eigenvalue weighted by Crippen LogP contribution is 2.23. The van der Waals surface area contributed by atoms with Crippen molar-refractivity contribution in [3.63, 3.8) is 0 Å². The fourth-order valence-corrected chi connectivity index (χ4v) is 2.78. The zero-order valence-electron chi connectivity index (χ0n) is 16.8. The molecule has 0 atom stereocenters. The summed E-state index contributed by atoms with van der Waals surface area (Å²) in [5.74, 6) is 9.67. The van der Waals surface area contributed by atoms with Crippen LogP contribution < -0.4 is 22.3 Å². The summed E-state index contributed by atoms with van der Waals surface area (Å²) < 4.78 is 0. The molecule has 166 valence electrons. The van der Waals surface area contributed by atoms with Gasteiger partial charge in [0.15, 0.2) is 0 Å². The minimum Gasteiger partial charge on any atom is -0.323 e. The van der Waals surface area contributed by atoms with Crippen LogP contribution in [0.1, 0.15) is 31.8 Å². The predicted molar refractivity (Wildman–Crippen MR) is 133 cm³/mol. The van der Waals surface area contributed by atoms with Crippen molar-refractivity contribution in [1.29, 1.82) is 0 Å². The predicted octanol–water partition coefficient (Wildman–Crippen LogP) is 3.62. The van der Waals surface area contributed by atoms with Crippen LogP contribution in [0.15, 0.2) is 83.0 Å². The number of benzene rings is 3. The topological polar surface area (TPSA) is 135 Å². The fourth-order valence-electron chi connectivity index (χ4n) is 2.78. The summed E-state index contributed by atoms with van der Waals surface area (Å²) in [5, 5.41) is 12.6. The first-order valence-corrected chi connectivity index (χ1v) is 8.99. The Morgan fingerprint density at radius 2 is 1.06 bits per heavy atom. The van der Waals surface area contributed by atoms with Gasteiger partial charge >= 0.3 is 0 Å². The second-order valence-electron chi connectivity index (χ2n) is 6.26. The number of nitrogens with zero attached hydrogens (tertiary/aromatic N) is 2. The molecule has 0 saturated heterocycles. The summed E-state index contributed by atoms with van der Waals surface area (Å²) in [6, 6.07) is 20.7. The first-order valence-electron chi connectivity index (χ1n) is 8.99. The Bertz CT molecular complexity index is 1050. The molecule has 0 spiro atoms. The molecule has 0 bridgehead atoms. The molecule has 8 nitrogen and oxygen atoms in total. The summed E-state index contributed by atoms with van der Waals surface area (Å²) in [5.41, 5.74) is 3.20. The Morgan fingerprint density at radius 1 is 0.656 bits per heavy atom. The molecule has 0 aromatic heterocycles. The number of hydrogen-bond donors (Lipinski definition) is 4. The van der Waals surface area contributed by atoms with Gasteiger partial charge in [-0.2, -0.15) is 10.2 Å². The van der Waals surface area contributed by atoms with Crippen LogP contribution in [-0.2, 0) is 0 Å². The number of nitrogens with one attached hydrogen (secondary N) is 2. The zero-order chi connectivity index (χ0) is 21.3. The number of halogens is 2. The minimum atomic E-state index is -0.329. The van der Waals surface area contributed by atoms with Crippen molar-refractivity contribution in [2.24, 2.45) is 21.9 Å². The van der Waals surface area contributed by atoms with E-state index < -0.39 is 0 Å². The van der Waals surface area contributed by atoms with E-state index in [9.17, 15) is 9.59 Å². The van der Waals surface area contributed by atoms with Crippen molar-refractivity contribution in [3.05, 3.63) is 95.1 Å². The summed E-state index contributed by atoms with van der Waals surface area (Å²) in [4.78, 5) is 25.3. The third kappa shape index (κ3) is 6.83. The largest absolute Gasteiger partial charge is 0.323 e. The lowest BCUT2D eigenvalue weighted by atomic mass is 10.1. The maximum atomic E-state index is 12.7. The SMILES string of the molecule is Cl.Cl.NN=Cc1cccc(C(=O)Nc2ccccc2NC(=O)c2cccc(C=NN)c2)c1. The number of hydrazone groups is 2. The fraction of sp³-hybridized carbons (Fsp3) is 0. The standard InChI is InChI=1S/C22H20N6O2.2ClH/c23-25-13-15-5-3-7-17(11-15)21(29)27-19-9-1-2-10-20(19)28-22(30)18-8-4-6-16(12-18)14-26-24;;/h1-14H,23-24H2,(H,27,29)(H,28,30);2*1H. The van der Waals surface area contributed by atoms with Gasteiger partial charge in [-0.25, -0.2) is 0 Å². The Balaban J connectivity index is 0.00000256. The summed E-state index contributed by atoms with van der Waals surface area (Å²) in [6.45, 7) is 0. The number of carbonyl (C=O) groups excluding carboxylic acids is 2. The molecule has 3 aromatic rings. The molecule has 0 aliphatic heterocycles. The van der Waals surface area contributed by atoms with Crippen molar-refractivity contribution >= 4 is 60.4 Å². The number of nitrogens with two attached hydrogens (primary N) is 2. The highest BCUT2D eigenvalue weighted by molar-refractivity contribution is 6.10. The molecule has 3 aromatic carbocycles. The second-order valence-corrected chi connectivity index (χ2v) is 6.26. The van der Waals surface area contributed by atoms with Gasteiger partial charge in [-0.05, 0) is 47.5 Å². The molecule has 0 radical (unpaired) electrons. The number of para-hydroxylation sites is 2. The van der Waals surface area contributed by atoms with E-state index in [0.717, 1.165) is 0 Å². The quantitative estimate of drug-likeness (QED) is 0.247. The molecular formula is C22H22Cl2N6O2. The smallest absolute Gasteiger partial charge is 0.255 e. The number of hydrogen-bond acceptors (Lipinski definition) is 6. The van der Waals surface area contributed by atoms with Gasteiger partial charge in [0, 0.05) is 11.1 Å². The monoisotopic (exact) mass is 472 g/mol. The second kappa shape index (κ2) is 12.7. The van der Waals surface area contributed by atoms with Crippen molar-refractivity contribution < 1.29 is 9.59 Å². The van der Waals surface area contributed by atoms with E-state index in [0.29, 0.717) is 33.6 Å². The number of amides is 2. The molecule has 32 heavy (non-hydrogen) atoms. The molecule has 10 heteroatoms. The molecule has 0 aliphatic rings. The number of carbonyl (C=O) groups is 2. The Labute approximate surface area is 197 Å². The minimum absolute atomic E-state index is 0. The van der Waals surface area contributed by atoms with Gasteiger partial charge in [-0.3, -0.25) is 9.59 Å². The molecule has 0 unspecified atom stereocenters. The van der Waals surface area contributed by atoms with Gasteiger partial charge in [0.1, 0.15) is 0 Å². The Morgan fingerprint density at radius 3 is 1.44 bits per heavy atom. The van der Waals surface area contributed by atoms with E-state index in [1.807, 2.05) is 0 Å². The van der Waals surface area contributed by atoms with Gasteiger partial charge in [0.05, 0.1) is 23.8 Å².